The predicted octanol–water partition coefficient (Wildman–Crippen LogP) is 3.41. The van der Waals surface area contributed by atoms with Gasteiger partial charge in [0.2, 0.25) is 0 Å². The third-order valence-corrected chi connectivity index (χ3v) is 3.56. The predicted molar refractivity (Wildman–Crippen MR) is 77.8 cm³/mol. The largest absolute Gasteiger partial charge is 0.461 e. The van der Waals surface area contributed by atoms with Crippen molar-refractivity contribution in [2.45, 2.75) is 13.8 Å². The zero-order valence-electron chi connectivity index (χ0n) is 11.5. The molecule has 1 aromatic heterocycles. The van der Waals surface area contributed by atoms with Crippen LogP contribution in [0.15, 0.2) is 24.3 Å². The van der Waals surface area contributed by atoms with Gasteiger partial charge in [-0.2, -0.15) is 0 Å². The highest BCUT2D eigenvalue weighted by Crippen LogP contribution is 2.27. The molecule has 5 nitrogen and oxygen atoms in total. The quantitative estimate of drug-likeness (QED) is 0.677. The molecule has 0 fully saturated rings. The number of aromatic nitrogens is 1. The highest BCUT2D eigenvalue weighted by Gasteiger charge is 2.22. The van der Waals surface area contributed by atoms with Crippen LogP contribution in [0.3, 0.4) is 0 Å². The summed E-state index contributed by atoms with van der Waals surface area (Å²) in [6.07, 6.45) is 0. The van der Waals surface area contributed by atoms with Crippen molar-refractivity contribution in [1.29, 1.82) is 0 Å². The van der Waals surface area contributed by atoms with Gasteiger partial charge >= 0.3 is 5.97 Å². The van der Waals surface area contributed by atoms with Gasteiger partial charge in [0.05, 0.1) is 6.61 Å². The lowest BCUT2D eigenvalue weighted by Gasteiger charge is -2.01. The fraction of sp³-hybridized carbons (Fsp3) is 0.214. The van der Waals surface area contributed by atoms with Crippen LogP contribution in [0.2, 0.25) is 0 Å². The molecule has 0 aliphatic carbocycles. The summed E-state index contributed by atoms with van der Waals surface area (Å²) in [7, 11) is 0. The van der Waals surface area contributed by atoms with Crippen LogP contribution in [-0.2, 0) is 4.74 Å². The fourth-order valence-corrected chi connectivity index (χ4v) is 2.51. The van der Waals surface area contributed by atoms with E-state index in [1.807, 2.05) is 0 Å². The number of ether oxygens (including phenoxy) is 1. The van der Waals surface area contributed by atoms with Crippen molar-refractivity contribution in [3.8, 4) is 0 Å². The molecule has 2 rings (SSSR count). The van der Waals surface area contributed by atoms with Crippen molar-refractivity contribution in [3.05, 3.63) is 40.7 Å². The Balaban J connectivity index is 2.31. The number of rotatable bonds is 5. The Morgan fingerprint density at radius 2 is 2.19 bits per heavy atom. The molecule has 7 heteroatoms. The molecule has 1 aromatic carbocycles. The number of carbonyl (C=O) groups is 2. The maximum atomic E-state index is 13.1. The second-order valence-corrected chi connectivity index (χ2v) is 5.11. The summed E-state index contributed by atoms with van der Waals surface area (Å²) in [4.78, 5) is 27.6. The molecule has 0 radical (unpaired) electrons. The lowest BCUT2D eigenvalue weighted by molar-refractivity contribution is 0.0517. The Kier molecular flexibility index (Phi) is 4.64. The van der Waals surface area contributed by atoms with Crippen LogP contribution in [-0.4, -0.2) is 23.3 Å². The Morgan fingerprint density at radius 1 is 1.43 bits per heavy atom. The molecule has 2 aromatic rings. The van der Waals surface area contributed by atoms with Crippen molar-refractivity contribution in [3.63, 3.8) is 0 Å². The van der Waals surface area contributed by atoms with E-state index in [1.165, 1.54) is 19.1 Å². The minimum absolute atomic E-state index is 0.0201. The summed E-state index contributed by atoms with van der Waals surface area (Å²) in [5, 5.41) is 3.19. The maximum Gasteiger partial charge on any atom is 0.358 e. The topological polar surface area (TPSA) is 68.3 Å². The zero-order valence-corrected chi connectivity index (χ0v) is 12.3. The number of nitrogens with one attached hydrogen (secondary N) is 1. The highest BCUT2D eigenvalue weighted by atomic mass is 32.1. The van der Waals surface area contributed by atoms with E-state index in [9.17, 15) is 14.0 Å². The number of carbonyl (C=O) groups excluding carboxylic acids is 2. The van der Waals surface area contributed by atoms with E-state index in [1.54, 1.807) is 19.1 Å². The van der Waals surface area contributed by atoms with Crippen molar-refractivity contribution >= 4 is 33.9 Å². The number of benzene rings is 1. The molecule has 110 valence electrons. The number of halogens is 1. The van der Waals surface area contributed by atoms with Crippen LogP contribution in [0, 0.1) is 5.82 Å². The molecule has 0 saturated heterocycles. The average molecular weight is 308 g/mol. The van der Waals surface area contributed by atoms with Crippen LogP contribution >= 0.6 is 11.3 Å². The van der Waals surface area contributed by atoms with Crippen molar-refractivity contribution in [2.75, 3.05) is 11.9 Å². The molecule has 0 aliphatic rings. The van der Waals surface area contributed by atoms with Gasteiger partial charge in [0, 0.05) is 12.6 Å². The van der Waals surface area contributed by atoms with Gasteiger partial charge in [-0.15, -0.1) is 0 Å². The number of thiazole rings is 1. The van der Waals surface area contributed by atoms with Crippen molar-refractivity contribution < 1.29 is 18.7 Å². The van der Waals surface area contributed by atoms with Crippen LogP contribution in [0.1, 0.15) is 34.0 Å². The van der Waals surface area contributed by atoms with Gasteiger partial charge < -0.3 is 10.1 Å². The third kappa shape index (κ3) is 3.63. The highest BCUT2D eigenvalue weighted by molar-refractivity contribution is 7.17. The standard InChI is InChI=1S/C14H13FN2O3S/c1-3-20-13(19)11-12(8(2)18)21-14(17-11)16-10-6-4-5-9(15)7-10/h4-7H,3H2,1-2H3,(H,16,17). The summed E-state index contributed by atoms with van der Waals surface area (Å²) in [5.74, 6) is -1.32. The molecular weight excluding hydrogens is 295 g/mol. The number of esters is 1. The minimum Gasteiger partial charge on any atom is -0.461 e. The molecule has 0 aliphatic heterocycles. The lowest BCUT2D eigenvalue weighted by atomic mass is 10.3. The van der Waals surface area contributed by atoms with Gasteiger partial charge in [-0.05, 0) is 25.1 Å². The normalized spacial score (nSPS) is 10.2. The van der Waals surface area contributed by atoms with Crippen LogP contribution in [0.4, 0.5) is 15.2 Å². The Labute approximate surface area is 124 Å². The second kappa shape index (κ2) is 6.45. The zero-order chi connectivity index (χ0) is 15.4. The first-order chi connectivity index (χ1) is 10.0. The van der Waals surface area contributed by atoms with Gasteiger partial charge in [0.15, 0.2) is 16.6 Å². The molecule has 0 amide bonds. The molecule has 0 unspecified atom stereocenters. The van der Waals surface area contributed by atoms with E-state index < -0.39 is 11.8 Å². The summed E-state index contributed by atoms with van der Waals surface area (Å²) >= 11 is 1.03. The van der Waals surface area contributed by atoms with Crippen molar-refractivity contribution in [1.82, 2.24) is 4.98 Å². The summed E-state index contributed by atoms with van der Waals surface area (Å²) in [6, 6.07) is 5.81. The third-order valence-electron chi connectivity index (χ3n) is 2.49. The summed E-state index contributed by atoms with van der Waals surface area (Å²) < 4.78 is 18.0. The molecule has 1 N–H and O–H groups in total. The molecule has 1 heterocycles. The van der Waals surface area contributed by atoms with E-state index in [-0.39, 0.29) is 23.0 Å². The summed E-state index contributed by atoms with van der Waals surface area (Å²) in [5.41, 5.74) is 0.461. The van der Waals surface area contributed by atoms with Gasteiger partial charge in [0.1, 0.15) is 10.7 Å². The monoisotopic (exact) mass is 308 g/mol. The number of hydrogen-bond acceptors (Lipinski definition) is 6. The Hall–Kier alpha value is -2.28. The molecule has 21 heavy (non-hydrogen) atoms. The maximum absolute atomic E-state index is 13.1. The van der Waals surface area contributed by atoms with Crippen LogP contribution in [0.25, 0.3) is 0 Å². The Bertz CT molecular complexity index is 685. The van der Waals surface area contributed by atoms with E-state index >= 15 is 0 Å². The Morgan fingerprint density at radius 3 is 2.81 bits per heavy atom. The van der Waals surface area contributed by atoms with Gasteiger partial charge in [-0.1, -0.05) is 17.4 Å². The smallest absolute Gasteiger partial charge is 0.358 e. The van der Waals surface area contributed by atoms with Gasteiger partial charge in [0.25, 0.3) is 0 Å². The number of anilines is 2. The lowest BCUT2D eigenvalue weighted by Crippen LogP contribution is -2.09. The van der Waals surface area contributed by atoms with E-state index in [2.05, 4.69) is 10.3 Å². The molecule has 0 saturated carbocycles. The van der Waals surface area contributed by atoms with Crippen molar-refractivity contribution in [2.24, 2.45) is 0 Å². The fourth-order valence-electron chi connectivity index (χ4n) is 1.64. The second-order valence-electron chi connectivity index (χ2n) is 4.11. The van der Waals surface area contributed by atoms with Crippen LogP contribution < -0.4 is 5.32 Å². The number of Topliss-reactive ketones (excluding diaryl/α,β-unsaturated/α-hetero) is 1. The molecule has 0 spiro atoms. The SMILES string of the molecule is CCOC(=O)c1nc(Nc2cccc(F)c2)sc1C(C)=O. The molecular formula is C14H13FN2O3S. The van der Waals surface area contributed by atoms with E-state index in [0.29, 0.717) is 10.8 Å². The first-order valence-electron chi connectivity index (χ1n) is 6.22. The average Bonchev–Trinajstić information content (AvgIpc) is 2.83. The molecule has 0 atom stereocenters. The molecule has 0 bridgehead atoms. The van der Waals surface area contributed by atoms with Gasteiger partial charge in [-0.25, -0.2) is 14.2 Å². The number of ketones is 1. The number of hydrogen-bond donors (Lipinski definition) is 1. The van der Waals surface area contributed by atoms with E-state index in [0.717, 1.165) is 11.3 Å². The van der Waals surface area contributed by atoms with Crippen LogP contribution in [0.5, 0.6) is 0 Å². The first-order valence-corrected chi connectivity index (χ1v) is 7.04. The van der Waals surface area contributed by atoms with E-state index in [4.69, 9.17) is 4.74 Å². The van der Waals surface area contributed by atoms with Gasteiger partial charge in [-0.3, -0.25) is 4.79 Å². The first kappa shape index (κ1) is 15.1. The number of nitrogens with zero attached hydrogens (tertiary/aromatic N) is 1. The minimum atomic E-state index is -0.647. The summed E-state index contributed by atoms with van der Waals surface area (Å²) in [6.45, 7) is 3.21.